The Balaban J connectivity index is 0.000000340. The minimum atomic E-state index is 0. The van der Waals surface area contributed by atoms with Crippen LogP contribution in [0, 0.1) is 6.07 Å². The van der Waals surface area contributed by atoms with E-state index in [2.05, 4.69) is 119 Å². The van der Waals surface area contributed by atoms with Crippen LogP contribution in [-0.2, 0) is 52.3 Å². The fraction of sp³-hybridized carbons (Fsp3) is 0.362. The molecular weight excluding hydrogens is 798 g/mol. The van der Waals surface area contributed by atoms with Gasteiger partial charge in [0, 0.05) is 0 Å². The molecule has 0 spiro atoms. The summed E-state index contributed by atoms with van der Waals surface area (Å²) in [5, 5.41) is 1.53. The molecule has 0 atom stereocenters. The first-order valence-electron chi connectivity index (χ1n) is 17.6. The first kappa shape index (κ1) is 46.3. The summed E-state index contributed by atoms with van der Waals surface area (Å²) in [6, 6.07) is 37.2. The van der Waals surface area contributed by atoms with Gasteiger partial charge in [0.05, 0.1) is 0 Å². The van der Waals surface area contributed by atoms with Crippen molar-refractivity contribution in [2.24, 2.45) is 0 Å². The molecule has 0 saturated carbocycles. The minimum absolute atomic E-state index is 0. The monoisotopic (exact) mass is 848 g/mol. The molecule has 0 nitrogen and oxygen atoms in total. The topological polar surface area (TPSA) is 0 Å². The molecule has 1 aliphatic rings. The second kappa shape index (κ2) is 18.2. The summed E-state index contributed by atoms with van der Waals surface area (Å²) in [5.74, 6) is 0. The van der Waals surface area contributed by atoms with Gasteiger partial charge in [-0.1, -0.05) is 106 Å². The molecule has 0 radical (unpaired) electrons. The number of halogens is 4. The average molecular weight is 852 g/mol. The summed E-state index contributed by atoms with van der Waals surface area (Å²) in [5.41, 5.74) is 14.3. The molecule has 5 aromatic rings. The SMILES string of the molecule is CC(C)(C)c1[c-]c2c(cc1C(C)(C)C)-c1cc(C(C)(C)C)c(C(C)(C)C)cc1C2.Clc1cccc([C](=[Zr+2])c2cccc(Cl)c2)c1.[Cl-].[Cl-].c1cc[cH-]c1. The number of benzene rings is 4. The maximum Gasteiger partial charge on any atom is -0.172 e. The third-order valence-electron chi connectivity index (χ3n) is 9.02. The fourth-order valence-corrected chi connectivity index (χ4v) is 7.55. The summed E-state index contributed by atoms with van der Waals surface area (Å²) in [6.07, 6.45) is 1.01. The molecule has 1 aliphatic carbocycles. The van der Waals surface area contributed by atoms with E-state index < -0.39 is 0 Å². The average Bonchev–Trinajstić information content (AvgIpc) is 3.70. The maximum absolute atomic E-state index is 5.98. The third-order valence-corrected chi connectivity index (χ3v) is 10.9. The van der Waals surface area contributed by atoms with E-state index in [0.717, 1.165) is 27.6 Å². The van der Waals surface area contributed by atoms with E-state index in [4.69, 9.17) is 23.2 Å². The van der Waals surface area contributed by atoms with Gasteiger partial charge in [0.2, 0.25) is 0 Å². The van der Waals surface area contributed by atoms with Crippen molar-refractivity contribution >= 4 is 26.4 Å². The van der Waals surface area contributed by atoms with Crippen LogP contribution >= 0.6 is 23.2 Å². The predicted octanol–water partition coefficient (Wildman–Crippen LogP) is 7.77. The van der Waals surface area contributed by atoms with Crippen LogP contribution in [0.3, 0.4) is 0 Å². The van der Waals surface area contributed by atoms with E-state index in [-0.39, 0.29) is 46.5 Å². The molecule has 276 valence electrons. The Hall–Kier alpha value is -1.86. The van der Waals surface area contributed by atoms with Crippen LogP contribution < -0.4 is 24.8 Å². The summed E-state index contributed by atoms with van der Waals surface area (Å²) in [4.78, 5) is 0. The summed E-state index contributed by atoms with van der Waals surface area (Å²) < 4.78 is 1.26. The molecule has 0 bridgehead atoms. The zero-order valence-electron chi connectivity index (χ0n) is 33.0. The van der Waals surface area contributed by atoms with Crippen LogP contribution in [0.25, 0.3) is 11.1 Å². The largest absolute Gasteiger partial charge is 1.00 e. The van der Waals surface area contributed by atoms with Crippen molar-refractivity contribution in [2.75, 3.05) is 0 Å². The van der Waals surface area contributed by atoms with Gasteiger partial charge in [-0.05, 0) is 39.4 Å². The van der Waals surface area contributed by atoms with E-state index >= 15 is 0 Å². The van der Waals surface area contributed by atoms with Crippen molar-refractivity contribution in [3.63, 3.8) is 0 Å². The van der Waals surface area contributed by atoms with Crippen molar-refractivity contribution in [1.82, 2.24) is 0 Å². The minimum Gasteiger partial charge on any atom is -1.00 e. The van der Waals surface area contributed by atoms with Crippen LogP contribution in [0.15, 0.2) is 97.1 Å². The molecule has 52 heavy (non-hydrogen) atoms. The zero-order chi connectivity index (χ0) is 37.2. The van der Waals surface area contributed by atoms with E-state index in [1.165, 1.54) is 71.9 Å². The molecule has 0 aromatic heterocycles. The van der Waals surface area contributed by atoms with Crippen LogP contribution in [-0.4, -0.2) is 3.21 Å². The van der Waals surface area contributed by atoms with E-state index in [9.17, 15) is 0 Å². The van der Waals surface area contributed by atoms with Crippen LogP contribution in [0.5, 0.6) is 0 Å². The van der Waals surface area contributed by atoms with Gasteiger partial charge >= 0.3 is 120 Å². The van der Waals surface area contributed by atoms with Crippen LogP contribution in [0.4, 0.5) is 0 Å². The number of rotatable bonds is 2. The summed E-state index contributed by atoms with van der Waals surface area (Å²) >= 11 is 13.3. The van der Waals surface area contributed by atoms with Crippen molar-refractivity contribution in [3.05, 3.63) is 158 Å². The Labute approximate surface area is 352 Å². The quantitative estimate of drug-likeness (QED) is 0.157. The number of hydrogen-bond acceptors (Lipinski definition) is 0. The van der Waals surface area contributed by atoms with Gasteiger partial charge in [-0.2, -0.15) is 35.9 Å². The predicted molar refractivity (Wildman–Crippen MR) is 216 cm³/mol. The van der Waals surface area contributed by atoms with Crippen LogP contribution in [0.2, 0.25) is 10.0 Å². The van der Waals surface area contributed by atoms with Crippen molar-refractivity contribution in [1.29, 1.82) is 0 Å². The molecule has 5 heteroatoms. The second-order valence-corrected chi connectivity index (χ2v) is 19.6. The molecule has 0 unspecified atom stereocenters. The molecule has 0 amide bonds. The van der Waals surface area contributed by atoms with Crippen molar-refractivity contribution in [2.45, 2.75) is 111 Å². The molecule has 0 heterocycles. The Morgan fingerprint density at radius 3 is 1.40 bits per heavy atom. The van der Waals surface area contributed by atoms with Crippen LogP contribution in [0.1, 0.15) is 128 Å². The number of hydrogen-bond donors (Lipinski definition) is 0. The van der Waals surface area contributed by atoms with Gasteiger partial charge in [0.15, 0.2) is 0 Å². The number of fused-ring (bicyclic) bond motifs is 3. The van der Waals surface area contributed by atoms with Gasteiger partial charge < -0.3 is 24.8 Å². The van der Waals surface area contributed by atoms with Crippen molar-refractivity contribution in [3.8, 4) is 11.1 Å². The molecular formula is C47H54Cl4Zr-2. The summed E-state index contributed by atoms with van der Waals surface area (Å²) in [7, 11) is 0. The molecule has 0 aliphatic heterocycles. The Morgan fingerprint density at radius 2 is 1.02 bits per heavy atom. The fourth-order valence-electron chi connectivity index (χ4n) is 6.40. The summed E-state index contributed by atoms with van der Waals surface area (Å²) in [6.45, 7) is 28.0. The normalized spacial score (nSPS) is 12.2. The van der Waals surface area contributed by atoms with Gasteiger partial charge in [0.25, 0.3) is 0 Å². The van der Waals surface area contributed by atoms with E-state index in [0.29, 0.717) is 0 Å². The molecule has 0 fully saturated rings. The molecule has 0 N–H and O–H groups in total. The van der Waals surface area contributed by atoms with Gasteiger partial charge in [-0.3, -0.25) is 0 Å². The first-order valence-corrected chi connectivity index (χ1v) is 19.6. The van der Waals surface area contributed by atoms with Gasteiger partial charge in [-0.15, -0.1) is 16.7 Å². The molecule has 5 aromatic carbocycles. The Bertz CT molecular complexity index is 1800. The molecule has 0 saturated heterocycles. The Kier molecular flexibility index (Phi) is 16.2. The third kappa shape index (κ3) is 11.8. The van der Waals surface area contributed by atoms with Crippen molar-refractivity contribution < 1.29 is 49.0 Å². The zero-order valence-corrected chi connectivity index (χ0v) is 38.4. The van der Waals surface area contributed by atoms with Gasteiger partial charge in [-0.25, -0.2) is 12.1 Å². The van der Waals surface area contributed by atoms with E-state index in [1.807, 2.05) is 66.7 Å². The maximum atomic E-state index is 5.98. The Morgan fingerprint density at radius 1 is 0.577 bits per heavy atom. The standard InChI is InChI=1S/C29H41.C13H8Cl2.C5H5.2ClH.Zr/c1-26(2,3)22-14-18-13-19-15-23(27(4,5)6)25(29(10,11)12)17-21(19)20(18)16-24(22)28(7,8)9;14-12-5-1-3-10(8-12)7-11-4-2-6-13(15)9-11;1-2-4-5-3-1;;;/h14,16-17H,13H2,1-12H3;1-6,8-9H;1-5H;2*1H;/q-1;;-1;;;+2/p-2. The van der Waals surface area contributed by atoms with Gasteiger partial charge in [0.1, 0.15) is 0 Å². The smallest absolute Gasteiger partial charge is 0.172 e. The van der Waals surface area contributed by atoms with E-state index in [1.54, 1.807) is 0 Å². The molecule has 6 rings (SSSR count). The first-order chi connectivity index (χ1) is 23.1. The second-order valence-electron chi connectivity index (χ2n) is 17.5.